The van der Waals surface area contributed by atoms with Crippen LogP contribution in [0.15, 0.2) is 41.3 Å². The minimum atomic E-state index is -4.09. The molecule has 2 aromatic rings. The Bertz CT molecular complexity index is 903. The van der Waals surface area contributed by atoms with E-state index >= 15 is 0 Å². The number of hydrogen-bond donors (Lipinski definition) is 5. The van der Waals surface area contributed by atoms with Crippen molar-refractivity contribution in [2.75, 3.05) is 26.8 Å². The third-order valence-corrected chi connectivity index (χ3v) is 4.90. The number of primary sulfonamides is 1. The van der Waals surface area contributed by atoms with Gasteiger partial charge < -0.3 is 30.1 Å². The van der Waals surface area contributed by atoms with Gasteiger partial charge in [0.1, 0.15) is 17.3 Å². The molecule has 0 aliphatic heterocycles. The van der Waals surface area contributed by atoms with E-state index in [0.29, 0.717) is 35.8 Å². The number of methoxy groups -OCH3 is 1. The van der Waals surface area contributed by atoms with Crippen molar-refractivity contribution in [3.05, 3.63) is 47.5 Å². The highest BCUT2D eigenvalue weighted by Crippen LogP contribution is 2.28. The molecule has 2 aromatic carbocycles. The molecule has 2 rings (SSSR count). The molecule has 0 radical (unpaired) electrons. The van der Waals surface area contributed by atoms with E-state index in [0.717, 1.165) is 6.07 Å². The molecule has 28 heavy (non-hydrogen) atoms. The molecule has 0 fully saturated rings. The summed E-state index contributed by atoms with van der Waals surface area (Å²) in [4.78, 5) is -0.439. The normalized spacial score (nSPS) is 12.6. The van der Waals surface area contributed by atoms with Crippen LogP contribution in [0.2, 0.25) is 0 Å². The van der Waals surface area contributed by atoms with E-state index in [2.05, 4.69) is 5.32 Å². The van der Waals surface area contributed by atoms with Crippen LogP contribution < -0.4 is 19.9 Å². The monoisotopic (exact) mass is 412 g/mol. The van der Waals surface area contributed by atoms with Crippen molar-refractivity contribution in [2.45, 2.75) is 17.6 Å². The van der Waals surface area contributed by atoms with E-state index in [1.807, 2.05) is 0 Å². The molecule has 0 spiro atoms. The fraction of sp³-hybridized carbons (Fsp3) is 0.333. The van der Waals surface area contributed by atoms with Gasteiger partial charge in [-0.2, -0.15) is 0 Å². The molecule has 0 aliphatic carbocycles. The van der Waals surface area contributed by atoms with Gasteiger partial charge in [-0.3, -0.25) is 0 Å². The number of phenols is 1. The van der Waals surface area contributed by atoms with E-state index in [1.54, 1.807) is 18.2 Å². The molecule has 0 aliphatic rings. The maximum absolute atomic E-state index is 11.4. The zero-order valence-electron chi connectivity index (χ0n) is 15.3. The van der Waals surface area contributed by atoms with Gasteiger partial charge in [0.2, 0.25) is 10.0 Å². The van der Waals surface area contributed by atoms with Gasteiger partial charge in [-0.1, -0.05) is 12.1 Å². The first-order chi connectivity index (χ1) is 13.3. The van der Waals surface area contributed by atoms with E-state index < -0.39 is 26.8 Å². The lowest BCUT2D eigenvalue weighted by molar-refractivity contribution is 0.171. The van der Waals surface area contributed by atoms with Crippen LogP contribution in [-0.2, 0) is 16.6 Å². The van der Waals surface area contributed by atoms with Crippen molar-refractivity contribution in [1.82, 2.24) is 5.32 Å². The average molecular weight is 412 g/mol. The smallest absolute Gasteiger partial charge is 0.241 e. The Morgan fingerprint density at radius 2 is 1.93 bits per heavy atom. The molecule has 0 heterocycles. The predicted octanol–water partition coefficient (Wildman–Crippen LogP) is 0.243. The lowest BCUT2D eigenvalue weighted by Gasteiger charge is -2.15. The number of aliphatic hydroxyl groups excluding tert-OH is 2. The third kappa shape index (κ3) is 5.81. The molecule has 6 N–H and O–H groups in total. The zero-order valence-corrected chi connectivity index (χ0v) is 16.1. The summed E-state index contributed by atoms with van der Waals surface area (Å²) in [5.41, 5.74) is 1.01. The van der Waals surface area contributed by atoms with Gasteiger partial charge >= 0.3 is 0 Å². The van der Waals surface area contributed by atoms with Gasteiger partial charge in [0.05, 0.1) is 19.8 Å². The van der Waals surface area contributed by atoms with Crippen LogP contribution >= 0.6 is 0 Å². The van der Waals surface area contributed by atoms with Crippen molar-refractivity contribution in [3.63, 3.8) is 0 Å². The Morgan fingerprint density at radius 1 is 1.18 bits per heavy atom. The molecule has 1 unspecified atom stereocenters. The number of sulfonamides is 1. The van der Waals surface area contributed by atoms with Crippen LogP contribution in [0.4, 0.5) is 0 Å². The molecular weight excluding hydrogens is 388 g/mol. The summed E-state index contributed by atoms with van der Waals surface area (Å²) in [5, 5.41) is 36.9. The molecular formula is C18H24N2O7S. The summed E-state index contributed by atoms with van der Waals surface area (Å²) < 4.78 is 33.7. The van der Waals surface area contributed by atoms with Crippen molar-refractivity contribution in [2.24, 2.45) is 5.14 Å². The van der Waals surface area contributed by atoms with Gasteiger partial charge in [-0.05, 0) is 35.4 Å². The van der Waals surface area contributed by atoms with Gasteiger partial charge in [0.15, 0.2) is 11.5 Å². The van der Waals surface area contributed by atoms with Crippen molar-refractivity contribution < 1.29 is 33.2 Å². The third-order valence-electron chi connectivity index (χ3n) is 3.96. The van der Waals surface area contributed by atoms with E-state index in [4.69, 9.17) is 19.7 Å². The highest BCUT2D eigenvalue weighted by atomic mass is 32.2. The Morgan fingerprint density at radius 3 is 2.57 bits per heavy atom. The summed E-state index contributed by atoms with van der Waals surface area (Å²) >= 11 is 0. The molecule has 9 nitrogen and oxygen atoms in total. The van der Waals surface area contributed by atoms with Crippen LogP contribution in [0.3, 0.4) is 0 Å². The second kappa shape index (κ2) is 9.71. The Balaban J connectivity index is 1.86. The maximum atomic E-state index is 11.4. The molecule has 0 saturated carbocycles. The molecule has 0 bridgehead atoms. The van der Waals surface area contributed by atoms with Gasteiger partial charge in [-0.25, -0.2) is 13.6 Å². The van der Waals surface area contributed by atoms with E-state index in [-0.39, 0.29) is 13.2 Å². The molecule has 154 valence electrons. The highest BCUT2D eigenvalue weighted by Gasteiger charge is 2.17. The van der Waals surface area contributed by atoms with E-state index in [9.17, 15) is 18.6 Å². The van der Waals surface area contributed by atoms with Crippen molar-refractivity contribution >= 4 is 10.0 Å². The number of nitrogens with two attached hydrogens (primary N) is 1. The molecule has 0 saturated heterocycles. The quantitative estimate of drug-likeness (QED) is 0.348. The summed E-state index contributed by atoms with van der Waals surface area (Å²) in [6, 6.07) is 8.83. The number of aliphatic hydroxyl groups is 2. The number of phenolic OH excluding ortho intramolecular Hbond substituents is 1. The second-order valence-electron chi connectivity index (χ2n) is 5.98. The minimum Gasteiger partial charge on any atom is -0.507 e. The second-order valence-corrected chi connectivity index (χ2v) is 7.51. The Kier molecular flexibility index (Phi) is 7.61. The summed E-state index contributed by atoms with van der Waals surface area (Å²) in [5.74, 6) is 0.561. The van der Waals surface area contributed by atoms with Crippen LogP contribution in [0.1, 0.15) is 17.2 Å². The Labute approximate surface area is 163 Å². The zero-order chi connectivity index (χ0) is 20.7. The molecule has 10 heteroatoms. The first kappa shape index (κ1) is 21.9. The molecule has 0 amide bonds. The van der Waals surface area contributed by atoms with Crippen LogP contribution in [0.5, 0.6) is 17.2 Å². The maximum Gasteiger partial charge on any atom is 0.241 e. The summed E-state index contributed by atoms with van der Waals surface area (Å²) in [7, 11) is -2.58. The summed E-state index contributed by atoms with van der Waals surface area (Å²) in [6.45, 7) is 0.737. The number of benzene rings is 2. The number of aromatic hydroxyl groups is 1. The lowest BCUT2D eigenvalue weighted by Crippen LogP contribution is -2.26. The lowest BCUT2D eigenvalue weighted by atomic mass is 10.1. The molecule has 0 aromatic heterocycles. The Hall–Kier alpha value is -2.37. The van der Waals surface area contributed by atoms with Crippen molar-refractivity contribution in [1.29, 1.82) is 0 Å². The summed E-state index contributed by atoms with van der Waals surface area (Å²) in [6.07, 6.45) is -1.00. The standard InChI is InChI=1S/C18H24N2O7S/c1-26-17-8-12(11-21)2-5-16(17)27-7-6-20-10-15(23)13-3-4-14(22)18(9-13)28(19,24)25/h2-5,8-9,15,20-23H,6-7,10-11H2,1H3,(H2,19,24,25). The van der Waals surface area contributed by atoms with E-state index in [1.165, 1.54) is 19.2 Å². The topological polar surface area (TPSA) is 151 Å². The minimum absolute atomic E-state index is 0.0967. The van der Waals surface area contributed by atoms with Gasteiger partial charge in [0.25, 0.3) is 0 Å². The SMILES string of the molecule is COc1cc(CO)ccc1OCCNCC(O)c1ccc(O)c(S(N)(=O)=O)c1. The first-order valence-corrected chi connectivity index (χ1v) is 9.96. The fourth-order valence-electron chi connectivity index (χ4n) is 2.49. The van der Waals surface area contributed by atoms with Crippen LogP contribution in [-0.4, -0.2) is 50.5 Å². The predicted molar refractivity (Wildman–Crippen MR) is 102 cm³/mol. The van der Waals surface area contributed by atoms with Gasteiger partial charge in [0, 0.05) is 13.1 Å². The van der Waals surface area contributed by atoms with Gasteiger partial charge in [-0.15, -0.1) is 0 Å². The highest BCUT2D eigenvalue weighted by molar-refractivity contribution is 7.89. The number of nitrogens with one attached hydrogen (secondary N) is 1. The van der Waals surface area contributed by atoms with Crippen LogP contribution in [0, 0.1) is 0 Å². The molecule has 1 atom stereocenters. The first-order valence-electron chi connectivity index (χ1n) is 8.41. The largest absolute Gasteiger partial charge is 0.507 e. The number of hydrogen-bond acceptors (Lipinski definition) is 8. The number of ether oxygens (including phenoxy) is 2. The van der Waals surface area contributed by atoms with Crippen LogP contribution in [0.25, 0.3) is 0 Å². The fourth-order valence-corrected chi connectivity index (χ4v) is 3.15. The van der Waals surface area contributed by atoms with Crippen molar-refractivity contribution in [3.8, 4) is 17.2 Å². The average Bonchev–Trinajstić information content (AvgIpc) is 2.67. The number of rotatable bonds is 10.